The lowest BCUT2D eigenvalue weighted by atomic mass is 9.91. The van der Waals surface area contributed by atoms with Crippen molar-refractivity contribution in [2.45, 2.75) is 25.3 Å². The molecule has 0 aliphatic heterocycles. The second-order valence-corrected chi connectivity index (χ2v) is 6.77. The number of thiophene rings is 1. The van der Waals surface area contributed by atoms with Gasteiger partial charge in [-0.25, -0.2) is 0 Å². The number of fused-ring (bicyclic) bond motifs is 1. The van der Waals surface area contributed by atoms with Crippen molar-refractivity contribution in [2.75, 3.05) is 33.5 Å². The minimum atomic E-state index is 0.311. The van der Waals surface area contributed by atoms with Gasteiger partial charge in [0.2, 0.25) is 0 Å². The van der Waals surface area contributed by atoms with E-state index in [1.54, 1.807) is 7.11 Å². The lowest BCUT2D eigenvalue weighted by Crippen LogP contribution is -2.28. The summed E-state index contributed by atoms with van der Waals surface area (Å²) in [6, 6.07) is 0.311. The van der Waals surface area contributed by atoms with Gasteiger partial charge in [0.1, 0.15) is 0 Å². The van der Waals surface area contributed by atoms with E-state index < -0.39 is 0 Å². The first-order valence-electron chi connectivity index (χ1n) is 6.50. The van der Waals surface area contributed by atoms with Gasteiger partial charge in [0.15, 0.2) is 0 Å². The van der Waals surface area contributed by atoms with Gasteiger partial charge in [-0.15, -0.1) is 11.3 Å². The van der Waals surface area contributed by atoms with Crippen LogP contribution in [0.25, 0.3) is 0 Å². The fourth-order valence-electron chi connectivity index (χ4n) is 2.38. The number of halogens is 2. The van der Waals surface area contributed by atoms with Crippen LogP contribution in [0.3, 0.4) is 0 Å². The molecule has 0 saturated heterocycles. The summed E-state index contributed by atoms with van der Waals surface area (Å²) in [6.45, 7) is 2.78. The molecule has 1 aliphatic carbocycles. The minimum absolute atomic E-state index is 0.311. The quantitative estimate of drug-likeness (QED) is 0.776. The van der Waals surface area contributed by atoms with Crippen LogP contribution in [-0.4, -0.2) is 33.5 Å². The summed E-state index contributed by atoms with van der Waals surface area (Å²) in [7, 11) is 1.67. The Kier molecular flexibility index (Phi) is 6.39. The topological polar surface area (TPSA) is 30.5 Å². The number of hydrogen-bond donors (Lipinski definition) is 1. The molecule has 1 aromatic rings. The molecule has 0 unspecified atom stereocenters. The van der Waals surface area contributed by atoms with Crippen LogP contribution >= 0.6 is 34.5 Å². The molecule has 19 heavy (non-hydrogen) atoms. The maximum absolute atomic E-state index is 6.29. The molecule has 1 aromatic heterocycles. The van der Waals surface area contributed by atoms with Crippen molar-refractivity contribution >= 4 is 34.5 Å². The minimum Gasteiger partial charge on any atom is -0.382 e. The van der Waals surface area contributed by atoms with Gasteiger partial charge in [-0.05, 0) is 24.8 Å². The SMILES string of the molecule is COCCOCCN[C@@H]1CCCc2c(Cl)sc(Cl)c21. The Labute approximate surface area is 128 Å². The van der Waals surface area contributed by atoms with Crippen LogP contribution in [0, 0.1) is 0 Å². The summed E-state index contributed by atoms with van der Waals surface area (Å²) in [5, 5.41) is 3.51. The van der Waals surface area contributed by atoms with Crippen LogP contribution in [-0.2, 0) is 15.9 Å². The van der Waals surface area contributed by atoms with Gasteiger partial charge in [-0.3, -0.25) is 0 Å². The molecule has 0 saturated carbocycles. The third-order valence-electron chi connectivity index (χ3n) is 3.29. The molecule has 0 fully saturated rings. The smallest absolute Gasteiger partial charge is 0.0994 e. The van der Waals surface area contributed by atoms with Crippen molar-refractivity contribution < 1.29 is 9.47 Å². The van der Waals surface area contributed by atoms with E-state index in [0.29, 0.717) is 25.9 Å². The summed E-state index contributed by atoms with van der Waals surface area (Å²) >= 11 is 14.0. The van der Waals surface area contributed by atoms with E-state index in [9.17, 15) is 0 Å². The molecule has 1 heterocycles. The summed E-state index contributed by atoms with van der Waals surface area (Å²) in [5.41, 5.74) is 2.44. The van der Waals surface area contributed by atoms with Crippen LogP contribution in [0.2, 0.25) is 8.67 Å². The molecule has 0 bridgehead atoms. The highest BCUT2D eigenvalue weighted by Gasteiger charge is 2.26. The zero-order valence-corrected chi connectivity index (χ0v) is 13.3. The Morgan fingerprint density at radius 3 is 2.89 bits per heavy atom. The zero-order valence-electron chi connectivity index (χ0n) is 11.0. The molecule has 3 nitrogen and oxygen atoms in total. The number of hydrogen-bond acceptors (Lipinski definition) is 4. The molecule has 1 aliphatic rings. The first-order chi connectivity index (χ1) is 9.24. The Balaban J connectivity index is 1.83. The molecule has 0 radical (unpaired) electrons. The van der Waals surface area contributed by atoms with Crippen LogP contribution in [0.1, 0.15) is 30.0 Å². The Hall–Kier alpha value is 0.160. The summed E-state index contributed by atoms with van der Waals surface area (Å²) in [6.07, 6.45) is 3.31. The van der Waals surface area contributed by atoms with Gasteiger partial charge in [0, 0.05) is 25.3 Å². The Morgan fingerprint density at radius 1 is 1.26 bits per heavy atom. The maximum Gasteiger partial charge on any atom is 0.0994 e. The molecule has 1 N–H and O–H groups in total. The molecule has 1 atom stereocenters. The lowest BCUT2D eigenvalue weighted by Gasteiger charge is -2.24. The molecule has 0 spiro atoms. The number of methoxy groups -OCH3 is 1. The van der Waals surface area contributed by atoms with E-state index in [-0.39, 0.29) is 0 Å². The third kappa shape index (κ3) is 4.06. The predicted octanol–water partition coefficient (Wildman–Crippen LogP) is 3.68. The Morgan fingerprint density at radius 2 is 2.11 bits per heavy atom. The monoisotopic (exact) mass is 323 g/mol. The highest BCUT2D eigenvalue weighted by Crippen LogP contribution is 2.44. The first kappa shape index (κ1) is 15.5. The maximum atomic E-state index is 6.29. The van der Waals surface area contributed by atoms with E-state index in [4.69, 9.17) is 32.7 Å². The summed E-state index contributed by atoms with van der Waals surface area (Å²) in [5.74, 6) is 0. The van der Waals surface area contributed by atoms with Gasteiger partial charge in [-0.2, -0.15) is 0 Å². The fraction of sp³-hybridized carbons (Fsp3) is 0.692. The fourth-order valence-corrected chi connectivity index (χ4v) is 4.27. The summed E-state index contributed by atoms with van der Waals surface area (Å²) < 4.78 is 12.1. The average molecular weight is 324 g/mol. The van der Waals surface area contributed by atoms with E-state index in [1.807, 2.05) is 0 Å². The largest absolute Gasteiger partial charge is 0.382 e. The Bertz CT molecular complexity index is 412. The van der Waals surface area contributed by atoms with Gasteiger partial charge >= 0.3 is 0 Å². The first-order valence-corrected chi connectivity index (χ1v) is 8.08. The van der Waals surface area contributed by atoms with Crippen LogP contribution < -0.4 is 5.32 Å². The zero-order chi connectivity index (χ0) is 13.7. The second-order valence-electron chi connectivity index (χ2n) is 4.55. The standard InChI is InChI=1S/C13H19Cl2NO2S/c1-17-7-8-18-6-5-16-10-4-2-3-9-11(10)13(15)19-12(9)14/h10,16H,2-8H2,1H3/t10-/m1/s1. The van der Waals surface area contributed by atoms with E-state index in [1.165, 1.54) is 22.5 Å². The van der Waals surface area contributed by atoms with E-state index >= 15 is 0 Å². The van der Waals surface area contributed by atoms with Crippen LogP contribution in [0.5, 0.6) is 0 Å². The normalized spacial score (nSPS) is 18.6. The average Bonchev–Trinajstić information content (AvgIpc) is 2.70. The van der Waals surface area contributed by atoms with Crippen molar-refractivity contribution in [3.05, 3.63) is 19.8 Å². The lowest BCUT2D eigenvalue weighted by molar-refractivity contribution is 0.0708. The molecule has 6 heteroatoms. The van der Waals surface area contributed by atoms with Crippen molar-refractivity contribution in [3.8, 4) is 0 Å². The van der Waals surface area contributed by atoms with E-state index in [2.05, 4.69) is 5.32 Å². The van der Waals surface area contributed by atoms with Crippen LogP contribution in [0.15, 0.2) is 0 Å². The molecular weight excluding hydrogens is 305 g/mol. The van der Waals surface area contributed by atoms with Gasteiger partial charge < -0.3 is 14.8 Å². The number of ether oxygens (including phenoxy) is 2. The van der Waals surface area contributed by atoms with Crippen LogP contribution in [0.4, 0.5) is 0 Å². The summed E-state index contributed by atoms with van der Waals surface area (Å²) in [4.78, 5) is 0. The van der Waals surface area contributed by atoms with Gasteiger partial charge in [0.25, 0.3) is 0 Å². The van der Waals surface area contributed by atoms with E-state index in [0.717, 1.165) is 34.5 Å². The molecule has 0 aromatic carbocycles. The van der Waals surface area contributed by atoms with Crippen molar-refractivity contribution in [1.29, 1.82) is 0 Å². The highest BCUT2D eigenvalue weighted by atomic mass is 35.5. The van der Waals surface area contributed by atoms with Gasteiger partial charge in [0.05, 0.1) is 28.5 Å². The number of rotatable bonds is 7. The molecule has 0 amide bonds. The van der Waals surface area contributed by atoms with Crippen molar-refractivity contribution in [2.24, 2.45) is 0 Å². The third-order valence-corrected chi connectivity index (χ3v) is 5.01. The van der Waals surface area contributed by atoms with Gasteiger partial charge in [-0.1, -0.05) is 23.2 Å². The van der Waals surface area contributed by atoms with Crippen molar-refractivity contribution in [3.63, 3.8) is 0 Å². The molecule has 108 valence electrons. The predicted molar refractivity (Wildman–Crippen MR) is 80.7 cm³/mol. The molecular formula is C13H19Cl2NO2S. The highest BCUT2D eigenvalue weighted by molar-refractivity contribution is 7.20. The molecule has 2 rings (SSSR count). The second kappa shape index (κ2) is 7.81. The number of nitrogens with one attached hydrogen (secondary N) is 1. The van der Waals surface area contributed by atoms with Crippen molar-refractivity contribution in [1.82, 2.24) is 5.32 Å².